The lowest BCUT2D eigenvalue weighted by atomic mass is 10.00. The fourth-order valence-corrected chi connectivity index (χ4v) is 5.90. The predicted molar refractivity (Wildman–Crippen MR) is 148 cm³/mol. The molecule has 1 amide bonds. The molecule has 0 atom stereocenters. The normalized spacial score (nSPS) is 13.5. The Hall–Kier alpha value is -3.12. The van der Waals surface area contributed by atoms with Crippen LogP contribution in [0.25, 0.3) is 0 Å². The van der Waals surface area contributed by atoms with Crippen LogP contribution in [-0.4, -0.2) is 57.3 Å². The van der Waals surface area contributed by atoms with Crippen molar-refractivity contribution in [3.8, 4) is 5.75 Å². The van der Waals surface area contributed by atoms with E-state index in [9.17, 15) is 31.2 Å². The maximum Gasteiger partial charge on any atom is 0.573 e. The number of nitrogens with one attached hydrogen (secondary N) is 1. The summed E-state index contributed by atoms with van der Waals surface area (Å²) in [5.74, 6) is -0.510. The summed E-state index contributed by atoms with van der Waals surface area (Å²) < 4.78 is 74.9. The molecule has 2 aromatic rings. The molecule has 41 heavy (non-hydrogen) atoms. The molecule has 1 aliphatic rings. The molecular weight excluding hydrogens is 561 g/mol. The van der Waals surface area contributed by atoms with Gasteiger partial charge in [0, 0.05) is 30.5 Å². The van der Waals surface area contributed by atoms with Crippen LogP contribution in [-0.2, 0) is 34.0 Å². The van der Waals surface area contributed by atoms with E-state index in [1.807, 2.05) is 20.8 Å². The summed E-state index contributed by atoms with van der Waals surface area (Å²) in [6.07, 6.45) is -2.04. The Morgan fingerprint density at radius 2 is 1.76 bits per heavy atom. The van der Waals surface area contributed by atoms with Crippen LogP contribution in [0.15, 0.2) is 41.3 Å². The Balaban J connectivity index is 1.56. The maximum absolute atomic E-state index is 13.0. The van der Waals surface area contributed by atoms with Gasteiger partial charge in [0.15, 0.2) is 5.78 Å². The average molecular weight is 599 g/mol. The molecule has 0 saturated carbocycles. The molecule has 12 heteroatoms. The topological polar surface area (TPSA) is 102 Å². The summed E-state index contributed by atoms with van der Waals surface area (Å²) in [6.45, 7) is 5.66. The van der Waals surface area contributed by atoms with E-state index in [1.54, 1.807) is 12.1 Å². The first-order chi connectivity index (χ1) is 19.1. The van der Waals surface area contributed by atoms with Crippen molar-refractivity contribution in [1.82, 2.24) is 9.62 Å². The van der Waals surface area contributed by atoms with Crippen LogP contribution >= 0.6 is 0 Å². The molecule has 2 aromatic carbocycles. The Kier molecular flexibility index (Phi) is 10.5. The van der Waals surface area contributed by atoms with Crippen LogP contribution < -0.4 is 9.46 Å². The number of unbranched alkanes of at least 4 members (excludes halogenated alkanes) is 1. The first-order valence-electron chi connectivity index (χ1n) is 13.5. The lowest BCUT2D eigenvalue weighted by molar-refractivity contribution is -0.274. The summed E-state index contributed by atoms with van der Waals surface area (Å²) in [4.78, 5) is 27.5. The molecule has 1 N–H and O–H groups in total. The molecule has 0 spiro atoms. The quantitative estimate of drug-likeness (QED) is 0.244. The summed E-state index contributed by atoms with van der Waals surface area (Å²) in [6, 6.07) is 8.93. The Bertz CT molecular complexity index is 1350. The van der Waals surface area contributed by atoms with E-state index in [4.69, 9.17) is 4.74 Å². The Morgan fingerprint density at radius 3 is 2.41 bits per heavy atom. The zero-order valence-electron chi connectivity index (χ0n) is 23.8. The fraction of sp³-hybridized carbons (Fsp3) is 0.517. The molecule has 8 nitrogen and oxygen atoms in total. The second kappa shape index (κ2) is 13.2. The molecule has 0 radical (unpaired) electrons. The van der Waals surface area contributed by atoms with Gasteiger partial charge in [-0.25, -0.2) is 17.9 Å². The standard InChI is InChI=1S/C29H37F3N2O6S/c1-28(2,3)34(27(36)39-17-15-20-10-5-6-14-25(20)40-29(30,31)32)16-8-7-13-24(35)22-18-21-11-9-12-23(21)26(19-22)41(37,38)33-4/h5-6,10,14,18-19,33H,7-9,11-13,15-17H2,1-4H3. The zero-order chi connectivity index (χ0) is 30.4. The number of Topliss-reactive ketones (excluding diaryl/α,β-unsaturated/α-hetero) is 1. The fourth-order valence-electron chi connectivity index (χ4n) is 4.84. The van der Waals surface area contributed by atoms with Crippen LogP contribution in [0.3, 0.4) is 0 Å². The molecule has 0 aromatic heterocycles. The number of fused-ring (bicyclic) bond motifs is 1. The van der Waals surface area contributed by atoms with Crippen LogP contribution in [0.4, 0.5) is 18.0 Å². The van der Waals surface area contributed by atoms with Crippen LogP contribution in [0.5, 0.6) is 5.75 Å². The van der Waals surface area contributed by atoms with Gasteiger partial charge in [-0.1, -0.05) is 18.2 Å². The van der Waals surface area contributed by atoms with E-state index in [-0.39, 0.29) is 41.4 Å². The van der Waals surface area contributed by atoms with E-state index >= 15 is 0 Å². The SMILES string of the molecule is CNS(=O)(=O)c1cc(C(=O)CCCCN(C(=O)OCCc2ccccc2OC(F)(F)F)C(C)(C)C)cc2c1CCC2. The first-order valence-corrected chi connectivity index (χ1v) is 15.0. The average Bonchev–Trinajstić information content (AvgIpc) is 3.36. The number of ether oxygens (including phenoxy) is 2. The highest BCUT2D eigenvalue weighted by atomic mass is 32.2. The van der Waals surface area contributed by atoms with Gasteiger partial charge < -0.3 is 14.4 Å². The number of carbonyl (C=O) groups excluding carboxylic acids is 2. The number of ketones is 1. The molecule has 0 heterocycles. The van der Waals surface area contributed by atoms with Crippen molar-refractivity contribution in [2.75, 3.05) is 20.2 Å². The second-order valence-corrected chi connectivity index (χ2v) is 12.8. The third kappa shape index (κ3) is 8.93. The highest BCUT2D eigenvalue weighted by Gasteiger charge is 2.32. The number of aryl methyl sites for hydroxylation is 1. The Labute approximate surface area is 239 Å². The molecule has 0 fully saturated rings. The maximum atomic E-state index is 13.0. The van der Waals surface area contributed by atoms with Crippen LogP contribution in [0.1, 0.15) is 73.5 Å². The third-order valence-corrected chi connectivity index (χ3v) is 8.40. The number of sulfonamides is 1. The van der Waals surface area contributed by atoms with Gasteiger partial charge in [-0.05, 0) is 94.8 Å². The van der Waals surface area contributed by atoms with Gasteiger partial charge in [-0.15, -0.1) is 13.2 Å². The summed E-state index contributed by atoms with van der Waals surface area (Å²) >= 11 is 0. The van der Waals surface area contributed by atoms with Crippen LogP contribution in [0, 0.1) is 0 Å². The molecule has 0 bridgehead atoms. The van der Waals surface area contributed by atoms with Gasteiger partial charge in [-0.3, -0.25) is 4.79 Å². The third-order valence-electron chi connectivity index (χ3n) is 6.92. The smallest absolute Gasteiger partial charge is 0.449 e. The Morgan fingerprint density at radius 1 is 1.05 bits per heavy atom. The minimum Gasteiger partial charge on any atom is -0.449 e. The van der Waals surface area contributed by atoms with Crippen molar-refractivity contribution in [2.45, 2.75) is 82.5 Å². The van der Waals surface area contributed by atoms with Gasteiger partial charge in [0.1, 0.15) is 5.75 Å². The van der Waals surface area contributed by atoms with Crippen molar-refractivity contribution in [1.29, 1.82) is 0 Å². The number of hydrogen-bond donors (Lipinski definition) is 1. The predicted octanol–water partition coefficient (Wildman–Crippen LogP) is 5.81. The summed E-state index contributed by atoms with van der Waals surface area (Å²) in [7, 11) is -2.35. The highest BCUT2D eigenvalue weighted by Crippen LogP contribution is 2.31. The van der Waals surface area contributed by atoms with Crippen LogP contribution in [0.2, 0.25) is 0 Å². The van der Waals surface area contributed by atoms with Crippen molar-refractivity contribution in [2.24, 2.45) is 0 Å². The number of halogens is 3. The molecular formula is C29H37F3N2O6S. The largest absolute Gasteiger partial charge is 0.573 e. The van der Waals surface area contributed by atoms with E-state index in [0.29, 0.717) is 31.4 Å². The van der Waals surface area contributed by atoms with Crippen molar-refractivity contribution >= 4 is 21.9 Å². The van der Waals surface area contributed by atoms with E-state index in [2.05, 4.69) is 9.46 Å². The zero-order valence-corrected chi connectivity index (χ0v) is 24.6. The van der Waals surface area contributed by atoms with Gasteiger partial charge in [-0.2, -0.15) is 0 Å². The minimum atomic E-state index is -4.83. The molecule has 3 rings (SSSR count). The van der Waals surface area contributed by atoms with E-state index in [0.717, 1.165) is 24.0 Å². The number of hydrogen-bond acceptors (Lipinski definition) is 6. The van der Waals surface area contributed by atoms with Gasteiger partial charge in [0.2, 0.25) is 10.0 Å². The first kappa shape index (κ1) is 32.4. The minimum absolute atomic E-state index is 0.0382. The molecule has 0 unspecified atom stereocenters. The van der Waals surface area contributed by atoms with Gasteiger partial charge in [0.05, 0.1) is 11.5 Å². The second-order valence-electron chi connectivity index (χ2n) is 10.9. The molecule has 0 saturated heterocycles. The number of rotatable bonds is 12. The van der Waals surface area contributed by atoms with Gasteiger partial charge >= 0.3 is 12.5 Å². The molecule has 226 valence electrons. The summed E-state index contributed by atoms with van der Waals surface area (Å²) in [5.41, 5.74) is 1.68. The molecule has 0 aliphatic heterocycles. The van der Waals surface area contributed by atoms with Crippen molar-refractivity contribution < 1.29 is 40.7 Å². The van der Waals surface area contributed by atoms with Crippen molar-refractivity contribution in [3.63, 3.8) is 0 Å². The lowest BCUT2D eigenvalue weighted by Crippen LogP contribution is -2.46. The van der Waals surface area contributed by atoms with E-state index < -0.39 is 28.0 Å². The number of carbonyl (C=O) groups is 2. The van der Waals surface area contributed by atoms with Crippen molar-refractivity contribution in [3.05, 3.63) is 58.7 Å². The van der Waals surface area contributed by atoms with Gasteiger partial charge in [0.25, 0.3) is 0 Å². The lowest BCUT2D eigenvalue weighted by Gasteiger charge is -2.34. The monoisotopic (exact) mass is 598 g/mol. The number of nitrogens with zero attached hydrogens (tertiary/aromatic N) is 1. The summed E-state index contributed by atoms with van der Waals surface area (Å²) in [5, 5.41) is 0. The highest BCUT2D eigenvalue weighted by molar-refractivity contribution is 7.89. The molecule has 1 aliphatic carbocycles. The number of para-hydroxylation sites is 1. The number of amides is 1. The number of benzene rings is 2. The number of alkyl halides is 3. The van der Waals surface area contributed by atoms with E-state index in [1.165, 1.54) is 36.2 Å².